The summed E-state index contributed by atoms with van der Waals surface area (Å²) in [6, 6.07) is 25.8. The van der Waals surface area contributed by atoms with Crippen molar-refractivity contribution in [1.29, 1.82) is 5.26 Å². The zero-order valence-corrected chi connectivity index (χ0v) is 23.4. The van der Waals surface area contributed by atoms with Crippen molar-refractivity contribution in [3.8, 4) is 11.8 Å². The van der Waals surface area contributed by atoms with Gasteiger partial charge < -0.3 is 15.4 Å². The number of nitrogens with one attached hydrogen (secondary N) is 2. The number of carbonyl (C=O) groups is 2. The average Bonchev–Trinajstić information content (AvgIpc) is 2.97. The number of ketones is 1. The molecule has 0 radical (unpaired) electrons. The van der Waals surface area contributed by atoms with Crippen LogP contribution in [0.4, 0.5) is 5.69 Å². The van der Waals surface area contributed by atoms with Crippen LogP contribution in [0.3, 0.4) is 0 Å². The molecule has 2 N–H and O–H groups in total. The van der Waals surface area contributed by atoms with E-state index < -0.39 is 5.92 Å². The third kappa shape index (κ3) is 5.98. The molecule has 0 aromatic heterocycles. The smallest absolute Gasteiger partial charge is 0.234 e. The Morgan fingerprint density at radius 1 is 1.02 bits per heavy atom. The number of hydrogen-bond acceptors (Lipinski definition) is 6. The lowest BCUT2D eigenvalue weighted by molar-refractivity contribution is -0.116. The molecule has 0 bridgehead atoms. The van der Waals surface area contributed by atoms with E-state index >= 15 is 0 Å². The third-order valence-corrected chi connectivity index (χ3v) is 8.24. The van der Waals surface area contributed by atoms with Gasteiger partial charge in [0.1, 0.15) is 12.4 Å². The van der Waals surface area contributed by atoms with Gasteiger partial charge in [-0.15, -0.1) is 0 Å². The molecule has 0 spiro atoms. The van der Waals surface area contributed by atoms with Gasteiger partial charge in [-0.25, -0.2) is 0 Å². The number of aryl methyl sites for hydroxylation is 2. The van der Waals surface area contributed by atoms with E-state index in [4.69, 9.17) is 4.74 Å². The highest BCUT2D eigenvalue weighted by Crippen LogP contribution is 2.44. The Labute approximate surface area is 239 Å². The van der Waals surface area contributed by atoms with E-state index in [1.54, 1.807) is 0 Å². The number of nitriles is 1. The second-order valence-corrected chi connectivity index (χ2v) is 11.0. The van der Waals surface area contributed by atoms with Crippen LogP contribution in [0.5, 0.6) is 5.75 Å². The lowest BCUT2D eigenvalue weighted by atomic mass is 9.77. The van der Waals surface area contributed by atoms with Crippen molar-refractivity contribution in [2.24, 2.45) is 0 Å². The number of para-hydroxylation sites is 1. The van der Waals surface area contributed by atoms with Crippen molar-refractivity contribution in [3.63, 3.8) is 0 Å². The molecule has 1 aliphatic carbocycles. The summed E-state index contributed by atoms with van der Waals surface area (Å²) < 4.78 is 5.95. The number of benzene rings is 3. The standard InChI is InChI=1S/C33H31N3O3S/c1-21-8-6-9-22(2)32(21)36-29(38)20-40-33-26(18-34)30(31-27(35-33)12-7-13-28(31)37)24-14-16-25(17-15-24)39-19-23-10-4-3-5-11-23/h3-6,8-11,14-17,30,35H,7,12-13,19-20H2,1-2H3,(H,36,38). The number of Topliss-reactive ketones (excluding diaryl/α,β-unsaturated/α-hetero) is 1. The quantitative estimate of drug-likeness (QED) is 0.326. The highest BCUT2D eigenvalue weighted by atomic mass is 32.2. The van der Waals surface area contributed by atoms with Crippen molar-refractivity contribution in [1.82, 2.24) is 5.32 Å². The first-order chi connectivity index (χ1) is 19.4. The second kappa shape index (κ2) is 12.3. The third-order valence-electron chi connectivity index (χ3n) is 7.22. The van der Waals surface area contributed by atoms with Crippen molar-refractivity contribution in [2.75, 3.05) is 11.1 Å². The summed E-state index contributed by atoms with van der Waals surface area (Å²) in [6.45, 7) is 4.38. The van der Waals surface area contributed by atoms with Gasteiger partial charge in [0.25, 0.3) is 0 Å². The van der Waals surface area contributed by atoms with Crippen LogP contribution in [0.25, 0.3) is 0 Å². The van der Waals surface area contributed by atoms with E-state index in [0.29, 0.717) is 35.0 Å². The zero-order chi connectivity index (χ0) is 28.1. The maximum atomic E-state index is 13.1. The SMILES string of the molecule is Cc1cccc(C)c1NC(=O)CSC1=C(C#N)C(c2ccc(OCc3ccccc3)cc2)C2=C(CCCC2=O)N1. The highest BCUT2D eigenvalue weighted by molar-refractivity contribution is 8.03. The molecule has 0 saturated carbocycles. The molecule has 3 aromatic rings. The zero-order valence-electron chi connectivity index (χ0n) is 22.6. The van der Waals surface area contributed by atoms with Gasteiger partial charge in [-0.05, 0) is 61.1 Å². The molecule has 0 saturated heterocycles. The molecular weight excluding hydrogens is 518 g/mol. The number of nitrogens with zero attached hydrogens (tertiary/aromatic N) is 1. The Morgan fingerprint density at radius 2 is 1.75 bits per heavy atom. The van der Waals surface area contributed by atoms with E-state index in [1.165, 1.54) is 11.8 Å². The lowest BCUT2D eigenvalue weighted by Crippen LogP contribution is -2.31. The first-order valence-electron chi connectivity index (χ1n) is 13.4. The van der Waals surface area contributed by atoms with Gasteiger partial charge in [-0.3, -0.25) is 9.59 Å². The summed E-state index contributed by atoms with van der Waals surface area (Å²) in [5, 5.41) is 17.3. The number of amides is 1. The summed E-state index contributed by atoms with van der Waals surface area (Å²) in [6.07, 6.45) is 1.96. The molecule has 2 aliphatic rings. The largest absolute Gasteiger partial charge is 0.489 e. The Morgan fingerprint density at radius 3 is 2.45 bits per heavy atom. The molecule has 1 amide bonds. The molecule has 1 atom stereocenters. The van der Waals surface area contributed by atoms with Crippen LogP contribution in [0, 0.1) is 25.2 Å². The van der Waals surface area contributed by atoms with E-state index in [9.17, 15) is 14.9 Å². The van der Waals surface area contributed by atoms with Gasteiger partial charge in [0.15, 0.2) is 5.78 Å². The minimum absolute atomic E-state index is 0.0627. The highest BCUT2D eigenvalue weighted by Gasteiger charge is 2.37. The minimum Gasteiger partial charge on any atom is -0.489 e. The van der Waals surface area contributed by atoms with Crippen LogP contribution < -0.4 is 15.4 Å². The number of hydrogen-bond donors (Lipinski definition) is 2. The summed E-state index contributed by atoms with van der Waals surface area (Å²) in [5.41, 5.74) is 6.70. The molecule has 0 fully saturated rings. The van der Waals surface area contributed by atoms with E-state index in [1.807, 2.05) is 86.6 Å². The molecule has 1 aliphatic heterocycles. The fraction of sp³-hybridized carbons (Fsp3) is 0.242. The first-order valence-corrected chi connectivity index (χ1v) is 14.4. The molecule has 1 unspecified atom stereocenters. The van der Waals surface area contributed by atoms with E-state index in [-0.39, 0.29) is 17.4 Å². The van der Waals surface area contributed by atoms with Crippen LogP contribution in [0.2, 0.25) is 0 Å². The van der Waals surface area contributed by atoms with E-state index in [0.717, 1.165) is 46.5 Å². The minimum atomic E-state index is -0.485. The molecule has 5 rings (SSSR count). The van der Waals surface area contributed by atoms with Crippen LogP contribution in [0.15, 0.2) is 94.7 Å². The predicted molar refractivity (Wildman–Crippen MR) is 159 cm³/mol. The van der Waals surface area contributed by atoms with Gasteiger partial charge in [0, 0.05) is 23.4 Å². The normalized spacial score (nSPS) is 16.6. The Balaban J connectivity index is 1.37. The van der Waals surface area contributed by atoms with Crippen molar-refractivity contribution >= 4 is 29.1 Å². The fourth-order valence-corrected chi connectivity index (χ4v) is 6.05. The Bertz CT molecular complexity index is 1520. The molecule has 202 valence electrons. The van der Waals surface area contributed by atoms with Crippen LogP contribution in [-0.4, -0.2) is 17.4 Å². The molecule has 1 heterocycles. The lowest BCUT2D eigenvalue weighted by Gasteiger charge is -2.33. The summed E-state index contributed by atoms with van der Waals surface area (Å²) in [4.78, 5) is 26.0. The first kappa shape index (κ1) is 27.3. The number of ether oxygens (including phenoxy) is 1. The van der Waals surface area contributed by atoms with Crippen LogP contribution in [-0.2, 0) is 16.2 Å². The topological polar surface area (TPSA) is 91.2 Å². The predicted octanol–water partition coefficient (Wildman–Crippen LogP) is 6.68. The molecule has 3 aromatic carbocycles. The van der Waals surface area contributed by atoms with Crippen LogP contribution >= 0.6 is 11.8 Å². The number of carbonyl (C=O) groups excluding carboxylic acids is 2. The molecule has 40 heavy (non-hydrogen) atoms. The van der Waals surface area contributed by atoms with Crippen molar-refractivity contribution < 1.29 is 14.3 Å². The summed E-state index contributed by atoms with van der Waals surface area (Å²) in [5.74, 6) is 0.279. The number of dihydropyridines is 1. The van der Waals surface area contributed by atoms with Gasteiger partial charge >= 0.3 is 0 Å². The summed E-state index contributed by atoms with van der Waals surface area (Å²) >= 11 is 1.30. The number of thioether (sulfide) groups is 1. The second-order valence-electron chi connectivity index (χ2n) is 10.0. The number of allylic oxidation sites excluding steroid dienone is 3. The maximum absolute atomic E-state index is 13.1. The molecule has 7 heteroatoms. The van der Waals surface area contributed by atoms with Crippen molar-refractivity contribution in [2.45, 2.75) is 45.6 Å². The van der Waals surface area contributed by atoms with Gasteiger partial charge in [0.2, 0.25) is 5.91 Å². The van der Waals surface area contributed by atoms with Crippen molar-refractivity contribution in [3.05, 3.63) is 117 Å². The summed E-state index contributed by atoms with van der Waals surface area (Å²) in [7, 11) is 0. The monoisotopic (exact) mass is 549 g/mol. The Hall–Kier alpha value is -4.28. The van der Waals surface area contributed by atoms with Crippen LogP contribution in [0.1, 0.15) is 47.4 Å². The number of anilines is 1. The molecular formula is C33H31N3O3S. The van der Waals surface area contributed by atoms with Gasteiger partial charge in [-0.2, -0.15) is 5.26 Å². The van der Waals surface area contributed by atoms with Gasteiger partial charge in [0.05, 0.1) is 28.3 Å². The Kier molecular flexibility index (Phi) is 8.37. The van der Waals surface area contributed by atoms with E-state index in [2.05, 4.69) is 16.7 Å². The van der Waals surface area contributed by atoms with Gasteiger partial charge in [-0.1, -0.05) is 72.4 Å². The molecule has 6 nitrogen and oxygen atoms in total. The average molecular weight is 550 g/mol. The maximum Gasteiger partial charge on any atom is 0.234 e. The fourth-order valence-electron chi connectivity index (χ4n) is 5.19. The number of rotatable bonds is 8.